The average Bonchev–Trinajstić information content (AvgIpc) is 2.29. The molecule has 0 radical (unpaired) electrons. The van der Waals surface area contributed by atoms with Crippen molar-refractivity contribution in [2.24, 2.45) is 0 Å². The van der Waals surface area contributed by atoms with E-state index in [2.05, 4.69) is 29.5 Å². The maximum Gasteiger partial charge on any atom is 0.0714 e. The van der Waals surface area contributed by atoms with E-state index in [1.54, 1.807) is 6.20 Å². The second-order valence-corrected chi connectivity index (χ2v) is 3.63. The number of thiol groups is 1. The van der Waals surface area contributed by atoms with E-state index in [1.807, 2.05) is 30.3 Å². The SMILES string of the molecule is SCCC#Cc1ccc2cccnc2c1. The van der Waals surface area contributed by atoms with Gasteiger partial charge >= 0.3 is 0 Å². The van der Waals surface area contributed by atoms with Gasteiger partial charge in [0.25, 0.3) is 0 Å². The van der Waals surface area contributed by atoms with Crippen molar-refractivity contribution in [3.63, 3.8) is 0 Å². The number of benzene rings is 1. The molecule has 0 aliphatic carbocycles. The first-order valence-corrected chi connectivity index (χ1v) is 5.48. The van der Waals surface area contributed by atoms with E-state index in [-0.39, 0.29) is 0 Å². The summed E-state index contributed by atoms with van der Waals surface area (Å²) < 4.78 is 0. The summed E-state index contributed by atoms with van der Waals surface area (Å²) in [6.07, 6.45) is 2.62. The number of hydrogen-bond donors (Lipinski definition) is 1. The molecule has 0 N–H and O–H groups in total. The lowest BCUT2D eigenvalue weighted by Crippen LogP contribution is -1.80. The first-order valence-electron chi connectivity index (χ1n) is 4.84. The molecule has 1 heterocycles. The summed E-state index contributed by atoms with van der Waals surface area (Å²) in [7, 11) is 0. The van der Waals surface area contributed by atoms with Crippen molar-refractivity contribution < 1.29 is 0 Å². The van der Waals surface area contributed by atoms with Gasteiger partial charge in [-0.2, -0.15) is 12.6 Å². The zero-order valence-electron chi connectivity index (χ0n) is 8.27. The Balaban J connectivity index is 2.36. The minimum absolute atomic E-state index is 0.804. The van der Waals surface area contributed by atoms with Crippen LogP contribution in [-0.4, -0.2) is 10.7 Å². The molecule has 0 saturated carbocycles. The molecule has 1 nitrogen and oxygen atoms in total. The van der Waals surface area contributed by atoms with Gasteiger partial charge in [-0.25, -0.2) is 0 Å². The van der Waals surface area contributed by atoms with Crippen molar-refractivity contribution in [3.8, 4) is 11.8 Å². The van der Waals surface area contributed by atoms with Crippen LogP contribution in [0.2, 0.25) is 0 Å². The maximum absolute atomic E-state index is 4.29. The Hall–Kier alpha value is -1.46. The fraction of sp³-hybridized carbons (Fsp3) is 0.154. The number of pyridine rings is 1. The third-order valence-electron chi connectivity index (χ3n) is 2.08. The van der Waals surface area contributed by atoms with Gasteiger partial charge in [-0.15, -0.1) is 0 Å². The lowest BCUT2D eigenvalue weighted by Gasteiger charge is -1.96. The van der Waals surface area contributed by atoms with Crippen LogP contribution in [0.15, 0.2) is 36.5 Å². The minimum Gasteiger partial charge on any atom is -0.256 e. The van der Waals surface area contributed by atoms with Crippen LogP contribution in [-0.2, 0) is 0 Å². The first-order chi connectivity index (χ1) is 7.40. The Morgan fingerprint density at radius 2 is 2.20 bits per heavy atom. The number of hydrogen-bond acceptors (Lipinski definition) is 2. The Morgan fingerprint density at radius 3 is 3.07 bits per heavy atom. The molecule has 0 fully saturated rings. The van der Waals surface area contributed by atoms with E-state index in [1.165, 1.54) is 0 Å². The quantitative estimate of drug-likeness (QED) is 0.567. The summed E-state index contributed by atoms with van der Waals surface area (Å²) >= 11 is 4.11. The molecule has 0 saturated heterocycles. The normalized spacial score (nSPS) is 9.67. The number of aromatic nitrogens is 1. The van der Waals surface area contributed by atoms with Crippen molar-refractivity contribution in [3.05, 3.63) is 42.1 Å². The van der Waals surface area contributed by atoms with Crippen molar-refractivity contribution in [1.82, 2.24) is 4.98 Å². The van der Waals surface area contributed by atoms with E-state index in [4.69, 9.17) is 0 Å². The van der Waals surface area contributed by atoms with Gasteiger partial charge in [-0.05, 0) is 18.2 Å². The monoisotopic (exact) mass is 213 g/mol. The highest BCUT2D eigenvalue weighted by Crippen LogP contribution is 2.12. The van der Waals surface area contributed by atoms with Gasteiger partial charge in [0.2, 0.25) is 0 Å². The van der Waals surface area contributed by atoms with E-state index < -0.39 is 0 Å². The highest BCUT2D eigenvalue weighted by atomic mass is 32.1. The highest BCUT2D eigenvalue weighted by molar-refractivity contribution is 7.80. The van der Waals surface area contributed by atoms with E-state index >= 15 is 0 Å². The average molecular weight is 213 g/mol. The second kappa shape index (κ2) is 4.86. The van der Waals surface area contributed by atoms with Gasteiger partial charge < -0.3 is 0 Å². The largest absolute Gasteiger partial charge is 0.256 e. The molecular weight excluding hydrogens is 202 g/mol. The van der Waals surface area contributed by atoms with Gasteiger partial charge in [0.05, 0.1) is 5.52 Å². The molecule has 0 bridgehead atoms. The molecule has 0 aliphatic rings. The molecule has 1 aromatic heterocycles. The molecule has 2 heteroatoms. The van der Waals surface area contributed by atoms with Crippen molar-refractivity contribution >= 4 is 23.5 Å². The lowest BCUT2D eigenvalue weighted by molar-refractivity contribution is 1.31. The summed E-state index contributed by atoms with van der Waals surface area (Å²) in [5.74, 6) is 6.97. The van der Waals surface area contributed by atoms with Gasteiger partial charge in [0, 0.05) is 29.3 Å². The van der Waals surface area contributed by atoms with Gasteiger partial charge in [-0.3, -0.25) is 4.98 Å². The van der Waals surface area contributed by atoms with Crippen LogP contribution in [0.4, 0.5) is 0 Å². The summed E-state index contributed by atoms with van der Waals surface area (Å²) in [6, 6.07) is 10.1. The smallest absolute Gasteiger partial charge is 0.0714 e. The predicted molar refractivity (Wildman–Crippen MR) is 67.1 cm³/mol. The van der Waals surface area contributed by atoms with Crippen molar-refractivity contribution in [2.75, 3.05) is 5.75 Å². The summed E-state index contributed by atoms with van der Waals surface area (Å²) in [5.41, 5.74) is 2.01. The predicted octanol–water partition coefficient (Wildman–Crippen LogP) is 2.91. The third-order valence-corrected chi connectivity index (χ3v) is 2.30. The van der Waals surface area contributed by atoms with Gasteiger partial charge in [-0.1, -0.05) is 24.0 Å². The zero-order valence-corrected chi connectivity index (χ0v) is 9.17. The molecule has 0 spiro atoms. The first kappa shape index (κ1) is 10.1. The van der Waals surface area contributed by atoms with Crippen LogP contribution in [0.25, 0.3) is 10.9 Å². The highest BCUT2D eigenvalue weighted by Gasteiger charge is 1.93. The van der Waals surface area contributed by atoms with Crippen LogP contribution < -0.4 is 0 Å². The second-order valence-electron chi connectivity index (χ2n) is 3.19. The van der Waals surface area contributed by atoms with Crippen LogP contribution in [0.5, 0.6) is 0 Å². The minimum atomic E-state index is 0.804. The Morgan fingerprint density at radius 1 is 1.27 bits per heavy atom. The molecule has 1 aromatic carbocycles. The van der Waals surface area contributed by atoms with Gasteiger partial charge in [0.1, 0.15) is 0 Å². The molecule has 74 valence electrons. The molecule has 15 heavy (non-hydrogen) atoms. The Labute approximate surface area is 94.9 Å². The maximum atomic E-state index is 4.29. The van der Waals surface area contributed by atoms with Gasteiger partial charge in [0.15, 0.2) is 0 Å². The summed E-state index contributed by atoms with van der Waals surface area (Å²) in [6.45, 7) is 0. The molecule has 0 aliphatic heterocycles. The van der Waals surface area contributed by atoms with Crippen molar-refractivity contribution in [2.45, 2.75) is 6.42 Å². The number of nitrogens with zero attached hydrogens (tertiary/aromatic N) is 1. The molecule has 0 amide bonds. The van der Waals surface area contributed by atoms with Crippen LogP contribution in [0, 0.1) is 11.8 Å². The van der Waals surface area contributed by atoms with Crippen LogP contribution in [0.1, 0.15) is 12.0 Å². The summed E-state index contributed by atoms with van der Waals surface area (Å²) in [5, 5.41) is 1.15. The van der Waals surface area contributed by atoms with Crippen LogP contribution in [0.3, 0.4) is 0 Å². The van der Waals surface area contributed by atoms with Crippen LogP contribution >= 0.6 is 12.6 Å². The van der Waals surface area contributed by atoms with E-state index in [9.17, 15) is 0 Å². The fourth-order valence-corrected chi connectivity index (χ4v) is 1.48. The topological polar surface area (TPSA) is 12.9 Å². The molecule has 0 unspecified atom stereocenters. The molecule has 2 aromatic rings. The van der Waals surface area contributed by atoms with E-state index in [0.717, 1.165) is 28.6 Å². The zero-order chi connectivity index (χ0) is 10.5. The van der Waals surface area contributed by atoms with E-state index in [0.29, 0.717) is 0 Å². The lowest BCUT2D eigenvalue weighted by atomic mass is 10.1. The third kappa shape index (κ3) is 2.51. The Bertz CT molecular complexity index is 523. The molecule has 0 atom stereocenters. The number of rotatable bonds is 1. The standard InChI is InChI=1S/C13H11NS/c15-9-2-1-4-11-6-7-12-5-3-8-14-13(12)10-11/h3,5-8,10,15H,2,9H2. The Kier molecular flexibility index (Phi) is 3.26. The fourth-order valence-electron chi connectivity index (χ4n) is 1.36. The summed E-state index contributed by atoms with van der Waals surface area (Å²) in [4.78, 5) is 4.29. The number of fused-ring (bicyclic) bond motifs is 1. The molecule has 2 rings (SSSR count). The van der Waals surface area contributed by atoms with Crippen molar-refractivity contribution in [1.29, 1.82) is 0 Å². The molecular formula is C13H11NS.